The Morgan fingerprint density at radius 2 is 2.08 bits per heavy atom. The van der Waals surface area contributed by atoms with Crippen LogP contribution < -0.4 is 5.73 Å². The number of nitrogens with zero attached hydrogens (tertiary/aromatic N) is 2. The van der Waals surface area contributed by atoms with E-state index in [1.165, 1.54) is 0 Å². The first-order chi connectivity index (χ1) is 12.0. The Morgan fingerprint density at radius 1 is 1.28 bits per heavy atom. The second-order valence-corrected chi connectivity index (χ2v) is 6.39. The number of nitrogens with two attached hydrogens (primary N) is 1. The predicted molar refractivity (Wildman–Crippen MR) is 101 cm³/mol. The van der Waals surface area contributed by atoms with Gasteiger partial charge in [-0.3, -0.25) is 9.78 Å². The van der Waals surface area contributed by atoms with Gasteiger partial charge in [0.05, 0.1) is 5.56 Å². The summed E-state index contributed by atoms with van der Waals surface area (Å²) in [5, 5.41) is 0.697. The lowest BCUT2D eigenvalue weighted by atomic mass is 10.0. The van der Waals surface area contributed by atoms with Gasteiger partial charge in [-0.15, -0.1) is 0 Å². The number of hydrogen-bond donors (Lipinski definition) is 1. The van der Waals surface area contributed by atoms with Crippen molar-refractivity contribution in [3.05, 3.63) is 76.3 Å². The molecular weight excluding hydrogens is 334 g/mol. The predicted octanol–water partition coefficient (Wildman–Crippen LogP) is 4.22. The molecule has 128 valence electrons. The van der Waals surface area contributed by atoms with Crippen molar-refractivity contribution < 1.29 is 4.79 Å². The van der Waals surface area contributed by atoms with E-state index in [2.05, 4.69) is 16.5 Å². The van der Waals surface area contributed by atoms with Gasteiger partial charge < -0.3 is 10.3 Å². The average Bonchev–Trinajstić information content (AvgIpc) is 2.88. The van der Waals surface area contributed by atoms with Gasteiger partial charge in [0.2, 0.25) is 0 Å². The number of amides is 1. The number of benzene rings is 1. The van der Waals surface area contributed by atoms with Crippen LogP contribution in [0.4, 0.5) is 0 Å². The zero-order chi connectivity index (χ0) is 18.0. The van der Waals surface area contributed by atoms with Gasteiger partial charge in [0.1, 0.15) is 0 Å². The standard InChI is InChI=1S/C20H20ClN3O/c1-3-17-19(15-7-5-9-23-11-15)18(20(22)25)13(2)24(17)12-14-6-4-8-16(21)10-14/h4-11H,3,12H2,1-2H3,(H2,22,25). The highest BCUT2D eigenvalue weighted by atomic mass is 35.5. The van der Waals surface area contributed by atoms with E-state index < -0.39 is 5.91 Å². The second kappa shape index (κ2) is 7.11. The molecule has 2 aromatic heterocycles. The zero-order valence-corrected chi connectivity index (χ0v) is 15.0. The van der Waals surface area contributed by atoms with Gasteiger partial charge in [0, 0.05) is 46.5 Å². The van der Waals surface area contributed by atoms with Gasteiger partial charge in [0.25, 0.3) is 5.91 Å². The fourth-order valence-corrected chi connectivity index (χ4v) is 3.53. The Bertz CT molecular complexity index is 916. The number of carbonyl (C=O) groups excluding carboxylic acids is 1. The Hall–Kier alpha value is -2.59. The summed E-state index contributed by atoms with van der Waals surface area (Å²) in [6.45, 7) is 4.65. The number of hydrogen-bond acceptors (Lipinski definition) is 2. The van der Waals surface area contributed by atoms with Crippen LogP contribution in [-0.4, -0.2) is 15.5 Å². The van der Waals surface area contributed by atoms with Crippen molar-refractivity contribution in [2.24, 2.45) is 5.73 Å². The van der Waals surface area contributed by atoms with Crippen LogP contribution in [-0.2, 0) is 13.0 Å². The molecule has 0 saturated carbocycles. The monoisotopic (exact) mass is 353 g/mol. The van der Waals surface area contributed by atoms with Crippen LogP contribution in [0.25, 0.3) is 11.1 Å². The van der Waals surface area contributed by atoms with Gasteiger partial charge in [-0.05, 0) is 37.1 Å². The fourth-order valence-electron chi connectivity index (χ4n) is 3.32. The number of primary amides is 1. The number of halogens is 1. The molecule has 2 N–H and O–H groups in total. The lowest BCUT2D eigenvalue weighted by Gasteiger charge is -2.12. The van der Waals surface area contributed by atoms with Crippen molar-refractivity contribution in [2.45, 2.75) is 26.8 Å². The van der Waals surface area contributed by atoms with E-state index in [1.54, 1.807) is 12.4 Å². The van der Waals surface area contributed by atoms with Gasteiger partial charge >= 0.3 is 0 Å². The Balaban J connectivity index is 2.21. The average molecular weight is 354 g/mol. The third-order valence-corrected chi connectivity index (χ3v) is 4.63. The maximum absolute atomic E-state index is 12.2. The maximum atomic E-state index is 12.2. The normalized spacial score (nSPS) is 10.8. The molecule has 0 saturated heterocycles. The molecular formula is C20H20ClN3O. The van der Waals surface area contributed by atoms with Crippen LogP contribution >= 0.6 is 11.6 Å². The van der Waals surface area contributed by atoms with E-state index in [1.807, 2.05) is 43.3 Å². The molecule has 0 aliphatic carbocycles. The van der Waals surface area contributed by atoms with E-state index >= 15 is 0 Å². The SMILES string of the molecule is CCc1c(-c2cccnc2)c(C(N)=O)c(C)n1Cc1cccc(Cl)c1. The first-order valence-corrected chi connectivity index (χ1v) is 8.57. The summed E-state index contributed by atoms with van der Waals surface area (Å²) in [4.78, 5) is 16.4. The Labute approximate surface area is 152 Å². The van der Waals surface area contributed by atoms with Gasteiger partial charge in [-0.25, -0.2) is 0 Å². The third-order valence-electron chi connectivity index (χ3n) is 4.39. The quantitative estimate of drug-likeness (QED) is 0.746. The lowest BCUT2D eigenvalue weighted by molar-refractivity contribution is 0.1000. The molecule has 0 bridgehead atoms. The van der Waals surface area contributed by atoms with Crippen LogP contribution in [0.1, 0.15) is 34.2 Å². The fraction of sp³-hybridized carbons (Fsp3) is 0.200. The van der Waals surface area contributed by atoms with Crippen molar-refractivity contribution in [2.75, 3.05) is 0 Å². The van der Waals surface area contributed by atoms with Gasteiger partial charge in [0.15, 0.2) is 0 Å². The summed E-state index contributed by atoms with van der Waals surface area (Å²) in [6, 6.07) is 11.6. The molecule has 4 nitrogen and oxygen atoms in total. The molecule has 0 unspecified atom stereocenters. The first-order valence-electron chi connectivity index (χ1n) is 8.19. The molecule has 2 heterocycles. The zero-order valence-electron chi connectivity index (χ0n) is 14.3. The Kier molecular flexibility index (Phi) is 4.91. The van der Waals surface area contributed by atoms with Crippen LogP contribution in [0.3, 0.4) is 0 Å². The highest BCUT2D eigenvalue weighted by molar-refractivity contribution is 6.30. The number of aromatic nitrogens is 2. The molecule has 0 aliphatic rings. The second-order valence-electron chi connectivity index (χ2n) is 5.96. The summed E-state index contributed by atoms with van der Waals surface area (Å²) >= 11 is 6.12. The smallest absolute Gasteiger partial charge is 0.251 e. The van der Waals surface area contributed by atoms with E-state index in [4.69, 9.17) is 17.3 Å². The minimum atomic E-state index is -0.420. The molecule has 3 rings (SSSR count). The summed E-state index contributed by atoms with van der Waals surface area (Å²) in [5.74, 6) is -0.420. The summed E-state index contributed by atoms with van der Waals surface area (Å²) in [5.41, 5.74) is 11.1. The number of pyridine rings is 1. The first kappa shape index (κ1) is 17.2. The van der Waals surface area contributed by atoms with E-state index in [0.717, 1.165) is 34.5 Å². The molecule has 0 fully saturated rings. The molecule has 0 radical (unpaired) electrons. The van der Waals surface area contributed by atoms with Crippen molar-refractivity contribution in [1.82, 2.24) is 9.55 Å². The van der Waals surface area contributed by atoms with E-state index in [0.29, 0.717) is 17.1 Å². The molecule has 1 aromatic carbocycles. The van der Waals surface area contributed by atoms with Crippen LogP contribution in [0, 0.1) is 6.92 Å². The highest BCUT2D eigenvalue weighted by Crippen LogP contribution is 2.33. The van der Waals surface area contributed by atoms with Crippen LogP contribution in [0.2, 0.25) is 5.02 Å². The van der Waals surface area contributed by atoms with Crippen molar-refractivity contribution >= 4 is 17.5 Å². The van der Waals surface area contributed by atoms with Crippen molar-refractivity contribution in [3.8, 4) is 11.1 Å². The number of rotatable bonds is 5. The van der Waals surface area contributed by atoms with Crippen LogP contribution in [0.15, 0.2) is 48.8 Å². The molecule has 0 spiro atoms. The molecule has 0 aliphatic heterocycles. The minimum Gasteiger partial charge on any atom is -0.366 e. The summed E-state index contributed by atoms with van der Waals surface area (Å²) < 4.78 is 2.15. The van der Waals surface area contributed by atoms with Gasteiger partial charge in [-0.2, -0.15) is 0 Å². The third kappa shape index (κ3) is 3.30. The molecule has 25 heavy (non-hydrogen) atoms. The summed E-state index contributed by atoms with van der Waals surface area (Å²) in [7, 11) is 0. The van der Waals surface area contributed by atoms with Gasteiger partial charge in [-0.1, -0.05) is 36.7 Å². The van der Waals surface area contributed by atoms with E-state index in [9.17, 15) is 4.79 Å². The maximum Gasteiger partial charge on any atom is 0.251 e. The minimum absolute atomic E-state index is 0.420. The Morgan fingerprint density at radius 3 is 2.68 bits per heavy atom. The summed E-state index contributed by atoms with van der Waals surface area (Å²) in [6.07, 6.45) is 4.26. The molecule has 0 atom stereocenters. The number of carbonyl (C=O) groups is 1. The molecule has 3 aromatic rings. The van der Waals surface area contributed by atoms with Crippen LogP contribution in [0.5, 0.6) is 0 Å². The lowest BCUT2D eigenvalue weighted by Crippen LogP contribution is -2.13. The topological polar surface area (TPSA) is 60.9 Å². The molecule has 5 heteroatoms. The largest absolute Gasteiger partial charge is 0.366 e. The van der Waals surface area contributed by atoms with Crippen molar-refractivity contribution in [3.63, 3.8) is 0 Å². The highest BCUT2D eigenvalue weighted by Gasteiger charge is 2.24. The van der Waals surface area contributed by atoms with Crippen molar-refractivity contribution in [1.29, 1.82) is 0 Å². The molecule has 1 amide bonds. The van der Waals surface area contributed by atoms with E-state index in [-0.39, 0.29) is 0 Å².